The highest BCUT2D eigenvalue weighted by Gasteiger charge is 2.48. The average molecular weight is 271 g/mol. The predicted octanol–water partition coefficient (Wildman–Crippen LogP) is 2.78. The standard InChI is InChI=1S/C9H9F3O3S.H3N/c1-7(8-5-3-2-4-6-8)15-16(13,14)9(10,11)12;/h2-7H,1H3;1H3. The van der Waals surface area contributed by atoms with Crippen molar-refractivity contribution in [2.24, 2.45) is 0 Å². The van der Waals surface area contributed by atoms with Crippen LogP contribution in [-0.4, -0.2) is 13.9 Å². The summed E-state index contributed by atoms with van der Waals surface area (Å²) in [6, 6.07) is 7.78. The fourth-order valence-corrected chi connectivity index (χ4v) is 1.62. The van der Waals surface area contributed by atoms with Gasteiger partial charge in [0, 0.05) is 0 Å². The van der Waals surface area contributed by atoms with Crippen LogP contribution in [0.2, 0.25) is 0 Å². The van der Waals surface area contributed by atoms with Gasteiger partial charge in [0.2, 0.25) is 0 Å². The molecule has 0 spiro atoms. The fourth-order valence-electron chi connectivity index (χ4n) is 1.02. The van der Waals surface area contributed by atoms with Crippen LogP contribution in [0.3, 0.4) is 0 Å². The van der Waals surface area contributed by atoms with Gasteiger partial charge in [-0.05, 0) is 12.5 Å². The minimum atomic E-state index is -5.55. The Morgan fingerprint density at radius 1 is 1.18 bits per heavy atom. The molecule has 0 saturated heterocycles. The Labute approximate surface area is 97.1 Å². The number of hydrogen-bond donors (Lipinski definition) is 1. The monoisotopic (exact) mass is 271 g/mol. The van der Waals surface area contributed by atoms with Gasteiger partial charge >= 0.3 is 15.6 Å². The third-order valence-corrected chi connectivity index (χ3v) is 2.93. The van der Waals surface area contributed by atoms with E-state index in [-0.39, 0.29) is 6.15 Å². The number of alkyl halides is 3. The van der Waals surface area contributed by atoms with Crippen molar-refractivity contribution < 1.29 is 25.8 Å². The maximum Gasteiger partial charge on any atom is 0.523 e. The van der Waals surface area contributed by atoms with Crippen LogP contribution in [0.25, 0.3) is 0 Å². The molecule has 17 heavy (non-hydrogen) atoms. The van der Waals surface area contributed by atoms with Crippen molar-refractivity contribution in [3.05, 3.63) is 35.9 Å². The Bertz CT molecular complexity index is 444. The molecule has 1 aromatic carbocycles. The van der Waals surface area contributed by atoms with Gasteiger partial charge in [-0.2, -0.15) is 21.6 Å². The maximum atomic E-state index is 12.0. The van der Waals surface area contributed by atoms with Crippen LogP contribution in [0.4, 0.5) is 13.2 Å². The Morgan fingerprint density at radius 3 is 2.06 bits per heavy atom. The van der Waals surface area contributed by atoms with Crippen molar-refractivity contribution >= 4 is 10.1 Å². The van der Waals surface area contributed by atoms with Gasteiger partial charge in [0.15, 0.2) is 0 Å². The van der Waals surface area contributed by atoms with Gasteiger partial charge in [-0.3, -0.25) is 4.18 Å². The smallest absolute Gasteiger partial charge is 0.344 e. The van der Waals surface area contributed by atoms with Crippen molar-refractivity contribution in [2.75, 3.05) is 0 Å². The lowest BCUT2D eigenvalue weighted by atomic mass is 10.1. The van der Waals surface area contributed by atoms with Gasteiger partial charge in [-0.15, -0.1) is 0 Å². The average Bonchev–Trinajstić information content (AvgIpc) is 2.16. The van der Waals surface area contributed by atoms with E-state index in [1.165, 1.54) is 19.1 Å². The molecule has 98 valence electrons. The molecule has 0 fully saturated rings. The first-order chi connectivity index (χ1) is 7.24. The van der Waals surface area contributed by atoms with Gasteiger partial charge in [0.25, 0.3) is 0 Å². The molecule has 0 aromatic heterocycles. The predicted molar refractivity (Wildman–Crippen MR) is 55.9 cm³/mol. The fraction of sp³-hybridized carbons (Fsp3) is 0.333. The van der Waals surface area contributed by atoms with E-state index in [9.17, 15) is 21.6 Å². The molecular formula is C9H12F3NO3S. The Kier molecular flexibility index (Phi) is 5.12. The Morgan fingerprint density at radius 2 is 1.65 bits per heavy atom. The highest BCUT2D eigenvalue weighted by atomic mass is 32.2. The summed E-state index contributed by atoms with van der Waals surface area (Å²) in [6.07, 6.45) is -1.17. The maximum absolute atomic E-state index is 12.0. The van der Waals surface area contributed by atoms with Crippen molar-refractivity contribution in [1.29, 1.82) is 0 Å². The molecule has 8 heteroatoms. The summed E-state index contributed by atoms with van der Waals surface area (Å²) in [5.74, 6) is 0. The lowest BCUT2D eigenvalue weighted by Crippen LogP contribution is -2.26. The van der Waals surface area contributed by atoms with Crippen molar-refractivity contribution in [2.45, 2.75) is 18.5 Å². The molecule has 0 amide bonds. The highest BCUT2D eigenvalue weighted by molar-refractivity contribution is 7.87. The van der Waals surface area contributed by atoms with Crippen LogP contribution < -0.4 is 6.15 Å². The summed E-state index contributed by atoms with van der Waals surface area (Å²) >= 11 is 0. The van der Waals surface area contributed by atoms with Crippen LogP contribution in [0.1, 0.15) is 18.6 Å². The largest absolute Gasteiger partial charge is 0.523 e. The minimum Gasteiger partial charge on any atom is -0.344 e. The van der Waals surface area contributed by atoms with E-state index >= 15 is 0 Å². The Balaban J connectivity index is 0.00000256. The lowest BCUT2D eigenvalue weighted by Gasteiger charge is -2.14. The van der Waals surface area contributed by atoms with Gasteiger partial charge in [0.05, 0.1) is 6.10 Å². The van der Waals surface area contributed by atoms with Gasteiger partial charge in [-0.1, -0.05) is 30.3 Å². The summed E-state index contributed by atoms with van der Waals surface area (Å²) in [7, 11) is -5.55. The van der Waals surface area contributed by atoms with E-state index in [4.69, 9.17) is 0 Å². The van der Waals surface area contributed by atoms with Crippen LogP contribution in [0.5, 0.6) is 0 Å². The molecule has 1 aromatic rings. The van der Waals surface area contributed by atoms with Gasteiger partial charge in [0.1, 0.15) is 0 Å². The number of halogens is 3. The normalized spacial score (nSPS) is 13.9. The van der Waals surface area contributed by atoms with Crippen molar-refractivity contribution in [1.82, 2.24) is 6.15 Å². The summed E-state index contributed by atoms with van der Waals surface area (Å²) in [5.41, 5.74) is -5.04. The van der Waals surface area contributed by atoms with Crippen molar-refractivity contribution in [3.8, 4) is 0 Å². The number of rotatable bonds is 3. The molecule has 0 bridgehead atoms. The van der Waals surface area contributed by atoms with Crippen molar-refractivity contribution in [3.63, 3.8) is 0 Å². The molecule has 0 radical (unpaired) electrons. The second kappa shape index (κ2) is 5.48. The molecule has 1 unspecified atom stereocenters. The molecule has 0 aliphatic rings. The van der Waals surface area contributed by atoms with E-state index in [0.717, 1.165) is 0 Å². The molecule has 0 heterocycles. The Hall–Kier alpha value is -1.12. The zero-order valence-corrected chi connectivity index (χ0v) is 9.75. The van der Waals surface area contributed by atoms with Crippen LogP contribution in [-0.2, 0) is 14.3 Å². The van der Waals surface area contributed by atoms with Crippen LogP contribution in [0.15, 0.2) is 30.3 Å². The zero-order chi connectivity index (χ0) is 12.4. The topological polar surface area (TPSA) is 78.4 Å². The van der Waals surface area contributed by atoms with Gasteiger partial charge in [-0.25, -0.2) is 0 Å². The molecular weight excluding hydrogens is 259 g/mol. The molecule has 0 saturated carbocycles. The van der Waals surface area contributed by atoms with Crippen LogP contribution >= 0.6 is 0 Å². The minimum absolute atomic E-state index is 0. The van der Waals surface area contributed by atoms with E-state index in [1.54, 1.807) is 18.2 Å². The van der Waals surface area contributed by atoms with E-state index in [1.807, 2.05) is 0 Å². The summed E-state index contributed by atoms with van der Waals surface area (Å²) in [4.78, 5) is 0. The summed E-state index contributed by atoms with van der Waals surface area (Å²) in [6.45, 7) is 1.23. The van der Waals surface area contributed by atoms with E-state index < -0.39 is 21.7 Å². The molecule has 1 rings (SSSR count). The second-order valence-electron chi connectivity index (χ2n) is 3.05. The lowest BCUT2D eigenvalue weighted by molar-refractivity contribution is -0.0569. The molecule has 0 aliphatic heterocycles. The summed E-state index contributed by atoms with van der Waals surface area (Å²) in [5, 5.41) is 0. The second-order valence-corrected chi connectivity index (χ2v) is 4.61. The molecule has 4 nitrogen and oxygen atoms in total. The first-order valence-corrected chi connectivity index (χ1v) is 5.69. The third kappa shape index (κ3) is 3.99. The molecule has 1 atom stereocenters. The summed E-state index contributed by atoms with van der Waals surface area (Å²) < 4.78 is 61.4. The quantitative estimate of drug-likeness (QED) is 0.677. The molecule has 0 aliphatic carbocycles. The third-order valence-electron chi connectivity index (χ3n) is 1.82. The van der Waals surface area contributed by atoms with Crippen LogP contribution in [0, 0.1) is 0 Å². The number of hydrogen-bond acceptors (Lipinski definition) is 4. The number of benzene rings is 1. The van der Waals surface area contributed by atoms with E-state index in [2.05, 4.69) is 4.18 Å². The molecule has 3 N–H and O–H groups in total. The highest BCUT2D eigenvalue weighted by Crippen LogP contribution is 2.29. The zero-order valence-electron chi connectivity index (χ0n) is 8.94. The van der Waals surface area contributed by atoms with Gasteiger partial charge < -0.3 is 6.15 Å². The first kappa shape index (κ1) is 15.9. The first-order valence-electron chi connectivity index (χ1n) is 4.28. The van der Waals surface area contributed by atoms with E-state index in [0.29, 0.717) is 5.56 Å². The SMILES string of the molecule is CC(OS(=O)(=O)C(F)(F)F)c1ccccc1.N.